The van der Waals surface area contributed by atoms with E-state index in [1.54, 1.807) is 19.1 Å². The highest BCUT2D eigenvalue weighted by Crippen LogP contribution is 2.23. The summed E-state index contributed by atoms with van der Waals surface area (Å²) in [5.41, 5.74) is 1.31. The average Bonchev–Trinajstić information content (AvgIpc) is 2.93. The highest BCUT2D eigenvalue weighted by molar-refractivity contribution is 5.55. The van der Waals surface area contributed by atoms with E-state index < -0.39 is 0 Å². The standard InChI is InChI=1S/C13H15FN4O/c1-9-8-10(2-3-11(9)14)12-16-17-13(19-12)18-6-4-15-5-7-18/h2-3,8,15H,4-7H2,1H3. The maximum Gasteiger partial charge on any atom is 0.318 e. The van der Waals surface area contributed by atoms with E-state index in [1.165, 1.54) is 6.07 Å². The van der Waals surface area contributed by atoms with Crippen LogP contribution in [0.25, 0.3) is 11.5 Å². The van der Waals surface area contributed by atoms with Gasteiger partial charge < -0.3 is 14.6 Å². The number of benzene rings is 1. The fourth-order valence-electron chi connectivity index (χ4n) is 2.09. The molecule has 0 spiro atoms. The molecular weight excluding hydrogens is 247 g/mol. The Morgan fingerprint density at radius 3 is 2.79 bits per heavy atom. The van der Waals surface area contributed by atoms with Crippen LogP contribution in [0.4, 0.5) is 10.4 Å². The predicted octanol–water partition coefficient (Wildman–Crippen LogP) is 1.59. The van der Waals surface area contributed by atoms with Crippen molar-refractivity contribution < 1.29 is 8.81 Å². The molecule has 6 heteroatoms. The monoisotopic (exact) mass is 262 g/mol. The van der Waals surface area contributed by atoms with Gasteiger partial charge in [0.15, 0.2) is 0 Å². The Balaban J connectivity index is 1.85. The quantitative estimate of drug-likeness (QED) is 0.890. The van der Waals surface area contributed by atoms with Crippen molar-refractivity contribution in [2.75, 3.05) is 31.1 Å². The minimum Gasteiger partial charge on any atom is -0.403 e. The van der Waals surface area contributed by atoms with Crippen LogP contribution in [-0.4, -0.2) is 36.4 Å². The first-order valence-corrected chi connectivity index (χ1v) is 6.30. The first-order valence-electron chi connectivity index (χ1n) is 6.30. The predicted molar refractivity (Wildman–Crippen MR) is 69.5 cm³/mol. The molecule has 1 aromatic carbocycles. The van der Waals surface area contributed by atoms with Gasteiger partial charge in [-0.15, -0.1) is 5.10 Å². The highest BCUT2D eigenvalue weighted by Gasteiger charge is 2.17. The van der Waals surface area contributed by atoms with E-state index in [-0.39, 0.29) is 5.82 Å². The Kier molecular flexibility index (Phi) is 3.16. The van der Waals surface area contributed by atoms with Crippen molar-refractivity contribution in [1.82, 2.24) is 15.5 Å². The first kappa shape index (κ1) is 12.1. The van der Waals surface area contributed by atoms with Gasteiger partial charge in [0, 0.05) is 31.7 Å². The van der Waals surface area contributed by atoms with Gasteiger partial charge in [0.25, 0.3) is 0 Å². The zero-order valence-corrected chi connectivity index (χ0v) is 10.7. The first-order chi connectivity index (χ1) is 9.24. The Labute approximate surface area is 110 Å². The second-order valence-corrected chi connectivity index (χ2v) is 4.59. The number of anilines is 1. The molecule has 1 N–H and O–H groups in total. The summed E-state index contributed by atoms with van der Waals surface area (Å²) >= 11 is 0. The molecule has 1 fully saturated rings. The molecule has 0 aliphatic carbocycles. The van der Waals surface area contributed by atoms with Gasteiger partial charge in [-0.25, -0.2) is 4.39 Å². The molecule has 0 amide bonds. The molecule has 2 heterocycles. The molecule has 1 aromatic heterocycles. The van der Waals surface area contributed by atoms with E-state index >= 15 is 0 Å². The Hall–Kier alpha value is -1.95. The second kappa shape index (κ2) is 4.97. The number of rotatable bonds is 2. The maximum atomic E-state index is 13.2. The van der Waals surface area contributed by atoms with Crippen LogP contribution in [0.5, 0.6) is 0 Å². The van der Waals surface area contributed by atoms with E-state index in [0.717, 1.165) is 31.7 Å². The molecule has 5 nitrogen and oxygen atoms in total. The minimum absolute atomic E-state index is 0.231. The third kappa shape index (κ3) is 2.44. The minimum atomic E-state index is -0.231. The van der Waals surface area contributed by atoms with Crippen molar-refractivity contribution >= 4 is 6.01 Å². The lowest BCUT2D eigenvalue weighted by Gasteiger charge is -2.24. The second-order valence-electron chi connectivity index (χ2n) is 4.59. The SMILES string of the molecule is Cc1cc(-c2nnc(N3CCNCC3)o2)ccc1F. The Morgan fingerprint density at radius 1 is 1.26 bits per heavy atom. The van der Waals surface area contributed by atoms with Crippen LogP contribution >= 0.6 is 0 Å². The van der Waals surface area contributed by atoms with Gasteiger partial charge in [0.2, 0.25) is 5.89 Å². The van der Waals surface area contributed by atoms with Crippen LogP contribution in [0, 0.1) is 12.7 Å². The van der Waals surface area contributed by atoms with Crippen molar-refractivity contribution in [2.45, 2.75) is 6.92 Å². The molecule has 1 aliphatic rings. The van der Waals surface area contributed by atoms with Crippen LogP contribution < -0.4 is 10.2 Å². The maximum absolute atomic E-state index is 13.2. The summed E-state index contributed by atoms with van der Waals surface area (Å²) in [6.07, 6.45) is 0. The lowest BCUT2D eigenvalue weighted by atomic mass is 10.1. The number of aryl methyl sites for hydroxylation is 1. The molecule has 100 valence electrons. The van der Waals surface area contributed by atoms with Gasteiger partial charge in [-0.05, 0) is 30.7 Å². The molecule has 1 aliphatic heterocycles. The topological polar surface area (TPSA) is 54.2 Å². The van der Waals surface area contributed by atoms with Gasteiger partial charge in [0.1, 0.15) is 5.82 Å². The van der Waals surface area contributed by atoms with Crippen molar-refractivity contribution in [2.24, 2.45) is 0 Å². The molecule has 0 bridgehead atoms. The lowest BCUT2D eigenvalue weighted by Crippen LogP contribution is -2.43. The largest absolute Gasteiger partial charge is 0.403 e. The van der Waals surface area contributed by atoms with E-state index in [2.05, 4.69) is 15.5 Å². The fraction of sp³-hybridized carbons (Fsp3) is 0.385. The van der Waals surface area contributed by atoms with Crippen LogP contribution in [0.2, 0.25) is 0 Å². The van der Waals surface area contributed by atoms with Gasteiger partial charge in [-0.2, -0.15) is 0 Å². The molecule has 1 saturated heterocycles. The summed E-state index contributed by atoms with van der Waals surface area (Å²) in [5.74, 6) is 0.197. The summed E-state index contributed by atoms with van der Waals surface area (Å²) in [6.45, 7) is 5.24. The van der Waals surface area contributed by atoms with Crippen LogP contribution in [0.1, 0.15) is 5.56 Å². The zero-order chi connectivity index (χ0) is 13.2. The van der Waals surface area contributed by atoms with Gasteiger partial charge in [-0.1, -0.05) is 5.10 Å². The van der Waals surface area contributed by atoms with E-state index in [1.807, 2.05) is 4.90 Å². The number of hydrogen-bond acceptors (Lipinski definition) is 5. The van der Waals surface area contributed by atoms with Crippen molar-refractivity contribution in [1.29, 1.82) is 0 Å². The van der Waals surface area contributed by atoms with Crippen molar-refractivity contribution in [3.63, 3.8) is 0 Å². The fourth-order valence-corrected chi connectivity index (χ4v) is 2.09. The molecule has 0 radical (unpaired) electrons. The number of nitrogens with zero attached hydrogens (tertiary/aromatic N) is 3. The van der Waals surface area contributed by atoms with Gasteiger partial charge >= 0.3 is 6.01 Å². The molecule has 2 aromatic rings. The van der Waals surface area contributed by atoms with E-state index in [9.17, 15) is 4.39 Å². The molecule has 0 unspecified atom stereocenters. The number of piperazine rings is 1. The van der Waals surface area contributed by atoms with Crippen molar-refractivity contribution in [3.05, 3.63) is 29.6 Å². The van der Waals surface area contributed by atoms with Crippen molar-refractivity contribution in [3.8, 4) is 11.5 Å². The average molecular weight is 262 g/mol. The summed E-state index contributed by atoms with van der Waals surface area (Å²) < 4.78 is 18.9. The lowest BCUT2D eigenvalue weighted by molar-refractivity contribution is 0.505. The number of hydrogen-bond donors (Lipinski definition) is 1. The normalized spacial score (nSPS) is 15.8. The Morgan fingerprint density at radius 2 is 2.05 bits per heavy atom. The zero-order valence-electron chi connectivity index (χ0n) is 10.7. The van der Waals surface area contributed by atoms with E-state index in [4.69, 9.17) is 4.42 Å². The summed E-state index contributed by atoms with van der Waals surface area (Å²) in [6, 6.07) is 5.31. The van der Waals surface area contributed by atoms with Gasteiger partial charge in [-0.3, -0.25) is 0 Å². The molecule has 0 saturated carbocycles. The highest BCUT2D eigenvalue weighted by atomic mass is 19.1. The van der Waals surface area contributed by atoms with Crippen LogP contribution in [-0.2, 0) is 0 Å². The molecular formula is C13H15FN4O. The molecule has 0 atom stereocenters. The smallest absolute Gasteiger partial charge is 0.318 e. The third-order valence-corrected chi connectivity index (χ3v) is 3.21. The third-order valence-electron chi connectivity index (χ3n) is 3.21. The molecule has 19 heavy (non-hydrogen) atoms. The molecule has 3 rings (SSSR count). The number of nitrogens with one attached hydrogen (secondary N) is 1. The Bertz CT molecular complexity index is 578. The number of aromatic nitrogens is 2. The number of halogens is 1. The summed E-state index contributed by atoms with van der Waals surface area (Å²) in [7, 11) is 0. The summed E-state index contributed by atoms with van der Waals surface area (Å²) in [5, 5.41) is 11.4. The van der Waals surface area contributed by atoms with Gasteiger partial charge in [0.05, 0.1) is 0 Å². The summed E-state index contributed by atoms with van der Waals surface area (Å²) in [4.78, 5) is 2.05. The van der Waals surface area contributed by atoms with Crippen LogP contribution in [0.3, 0.4) is 0 Å². The van der Waals surface area contributed by atoms with Crippen LogP contribution in [0.15, 0.2) is 22.6 Å². The van der Waals surface area contributed by atoms with E-state index in [0.29, 0.717) is 17.5 Å².